The van der Waals surface area contributed by atoms with E-state index in [9.17, 15) is 20.4 Å². The van der Waals surface area contributed by atoms with E-state index in [-0.39, 0.29) is 6.61 Å². The van der Waals surface area contributed by atoms with Crippen LogP contribution >= 0.6 is 0 Å². The highest BCUT2D eigenvalue weighted by Crippen LogP contribution is 2.34. The Morgan fingerprint density at radius 1 is 0.833 bits per heavy atom. The second kappa shape index (κ2) is 14.6. The molecule has 2 aliphatic rings. The lowest BCUT2D eigenvalue weighted by atomic mass is 9.99. The van der Waals surface area contributed by atoms with Crippen molar-refractivity contribution in [1.29, 1.82) is 0 Å². The third-order valence-corrected chi connectivity index (χ3v) is 8.10. The molecule has 11 heteroatoms. The molecule has 3 heterocycles. The van der Waals surface area contributed by atoms with Gasteiger partial charge in [-0.25, -0.2) is 0 Å². The number of benzene rings is 2. The second-order valence-corrected chi connectivity index (χ2v) is 11.0. The molecule has 3 aromatic rings. The minimum atomic E-state index is -1.52. The van der Waals surface area contributed by atoms with Gasteiger partial charge in [-0.2, -0.15) is 0 Å². The molecule has 0 unspecified atom stereocenters. The van der Waals surface area contributed by atoms with Gasteiger partial charge in [0.05, 0.1) is 31.5 Å². The Morgan fingerprint density at radius 2 is 1.57 bits per heavy atom. The molecule has 0 amide bonds. The fourth-order valence-electron chi connectivity index (χ4n) is 5.58. The number of hydrogen-bond donors (Lipinski definition) is 5. The van der Waals surface area contributed by atoms with Crippen molar-refractivity contribution >= 4 is 11.0 Å². The summed E-state index contributed by atoms with van der Waals surface area (Å²) in [5.74, 6) is 1.26. The van der Waals surface area contributed by atoms with Crippen molar-refractivity contribution < 1.29 is 44.2 Å². The number of rotatable bonds is 13. The van der Waals surface area contributed by atoms with E-state index in [4.69, 9.17) is 23.7 Å². The van der Waals surface area contributed by atoms with Gasteiger partial charge < -0.3 is 49.1 Å². The number of aliphatic hydroxyl groups is 5. The number of aliphatic hydroxyl groups excluding tert-OH is 5. The molecule has 1 aromatic heterocycles. The number of β-amino-alcohol motifs (C(OH)–C–C–N with tert-alkyl or cyclic N) is 1. The zero-order chi connectivity index (χ0) is 29.5. The molecule has 2 fully saturated rings. The molecular weight excluding hydrogens is 544 g/mol. The molecule has 0 radical (unpaired) electrons. The number of furan rings is 1. The molecular formula is C31H42N2O9. The van der Waals surface area contributed by atoms with E-state index < -0.39 is 37.3 Å². The average Bonchev–Trinajstić information content (AvgIpc) is 3.44. The molecule has 42 heavy (non-hydrogen) atoms. The van der Waals surface area contributed by atoms with Crippen molar-refractivity contribution in [3.05, 3.63) is 59.9 Å². The van der Waals surface area contributed by atoms with E-state index in [1.807, 2.05) is 18.2 Å². The van der Waals surface area contributed by atoms with E-state index in [0.29, 0.717) is 24.4 Å². The van der Waals surface area contributed by atoms with Gasteiger partial charge in [-0.05, 0) is 49.1 Å². The molecule has 230 valence electrons. The standard InChI is InChI=1S/C31H42N2O9/c34-17-16-33-14-12-32(13-15-33)11-2-18-39-23-9-6-21(7-10-23)5-8-22-20-40-24-3-1-4-25(27(22)24)41-31-30(38)29(37)28(36)26(19-35)42-31/h1,3-4,6-7,9-10,20,26,28-31,34-38H,2,5,8,11-19H2/t26-,28-,29+,30-,31-/m1/s1. The van der Waals surface area contributed by atoms with Gasteiger partial charge in [0.2, 0.25) is 6.29 Å². The molecule has 0 bridgehead atoms. The molecule has 2 saturated heterocycles. The smallest absolute Gasteiger partial charge is 0.229 e. The van der Waals surface area contributed by atoms with Crippen molar-refractivity contribution in [2.45, 2.75) is 50.0 Å². The van der Waals surface area contributed by atoms with Gasteiger partial charge in [-0.15, -0.1) is 0 Å². The summed E-state index contributed by atoms with van der Waals surface area (Å²) < 4.78 is 23.2. The van der Waals surface area contributed by atoms with E-state index in [1.165, 1.54) is 0 Å². The first-order valence-corrected chi connectivity index (χ1v) is 14.7. The van der Waals surface area contributed by atoms with E-state index in [2.05, 4.69) is 21.9 Å². The second-order valence-electron chi connectivity index (χ2n) is 11.0. The first kappa shape index (κ1) is 30.7. The maximum Gasteiger partial charge on any atom is 0.229 e. The Hall–Kier alpha value is -2.74. The Bertz CT molecular complexity index is 1240. The van der Waals surface area contributed by atoms with Crippen molar-refractivity contribution in [3.8, 4) is 11.5 Å². The number of fused-ring (bicyclic) bond motifs is 1. The Morgan fingerprint density at radius 3 is 2.29 bits per heavy atom. The Kier molecular flexibility index (Phi) is 10.7. The third-order valence-electron chi connectivity index (χ3n) is 8.10. The van der Waals surface area contributed by atoms with Crippen LogP contribution in [0.5, 0.6) is 11.5 Å². The Balaban J connectivity index is 1.12. The van der Waals surface area contributed by atoms with Gasteiger partial charge in [0.25, 0.3) is 0 Å². The molecule has 2 aromatic carbocycles. The van der Waals surface area contributed by atoms with Gasteiger partial charge in [0, 0.05) is 44.8 Å². The normalized spacial score (nSPS) is 25.6. The van der Waals surface area contributed by atoms with Gasteiger partial charge >= 0.3 is 0 Å². The van der Waals surface area contributed by atoms with Crippen LogP contribution in [-0.4, -0.2) is 125 Å². The minimum absolute atomic E-state index is 0.220. The molecule has 0 aliphatic carbocycles. The number of nitrogens with zero attached hydrogens (tertiary/aromatic N) is 2. The zero-order valence-corrected chi connectivity index (χ0v) is 23.8. The summed E-state index contributed by atoms with van der Waals surface area (Å²) >= 11 is 0. The van der Waals surface area contributed by atoms with Crippen LogP contribution in [0, 0.1) is 0 Å². The largest absolute Gasteiger partial charge is 0.494 e. The first-order valence-electron chi connectivity index (χ1n) is 14.7. The van der Waals surface area contributed by atoms with Crippen molar-refractivity contribution in [2.24, 2.45) is 0 Å². The summed E-state index contributed by atoms with van der Waals surface area (Å²) in [5, 5.41) is 49.9. The van der Waals surface area contributed by atoms with Crippen LogP contribution in [0.4, 0.5) is 0 Å². The highest BCUT2D eigenvalue weighted by molar-refractivity contribution is 5.87. The number of piperazine rings is 1. The average molecular weight is 587 g/mol. The summed E-state index contributed by atoms with van der Waals surface area (Å²) in [7, 11) is 0. The van der Waals surface area contributed by atoms with Gasteiger partial charge in [0.1, 0.15) is 41.5 Å². The summed E-state index contributed by atoms with van der Waals surface area (Å²) in [4.78, 5) is 4.74. The van der Waals surface area contributed by atoms with E-state index >= 15 is 0 Å². The van der Waals surface area contributed by atoms with Crippen LogP contribution in [-0.2, 0) is 17.6 Å². The summed E-state index contributed by atoms with van der Waals surface area (Å²) in [6, 6.07) is 13.4. The van der Waals surface area contributed by atoms with E-state index in [0.717, 1.165) is 74.4 Å². The van der Waals surface area contributed by atoms with Gasteiger partial charge in [-0.1, -0.05) is 18.2 Å². The summed E-state index contributed by atoms with van der Waals surface area (Å²) in [6.07, 6.45) is -2.72. The topological polar surface area (TPSA) is 148 Å². The fraction of sp³-hybridized carbons (Fsp3) is 0.548. The predicted octanol–water partition coefficient (Wildman–Crippen LogP) is 0.776. The highest BCUT2D eigenvalue weighted by atomic mass is 16.7. The molecule has 5 N–H and O–H groups in total. The lowest BCUT2D eigenvalue weighted by Gasteiger charge is -2.39. The number of aryl methyl sites for hydroxylation is 2. The summed E-state index contributed by atoms with van der Waals surface area (Å²) in [6.45, 7) is 6.18. The maximum absolute atomic E-state index is 10.4. The molecule has 5 atom stereocenters. The quantitative estimate of drug-likeness (QED) is 0.181. The minimum Gasteiger partial charge on any atom is -0.494 e. The molecule has 11 nitrogen and oxygen atoms in total. The van der Waals surface area contributed by atoms with Crippen LogP contribution in [0.2, 0.25) is 0 Å². The first-order chi connectivity index (χ1) is 20.5. The fourth-order valence-corrected chi connectivity index (χ4v) is 5.58. The van der Waals surface area contributed by atoms with Gasteiger partial charge in [-0.3, -0.25) is 4.90 Å². The number of ether oxygens (including phenoxy) is 3. The van der Waals surface area contributed by atoms with Crippen LogP contribution in [0.15, 0.2) is 53.1 Å². The number of hydrogen-bond acceptors (Lipinski definition) is 11. The maximum atomic E-state index is 10.4. The SMILES string of the molecule is OCCN1CCN(CCCOc2ccc(CCc3coc4cccc(O[C@@H]5O[C@H](CO)[C@@H](O)[C@H](O)[C@H]5O)c34)cc2)CC1. The van der Waals surface area contributed by atoms with Crippen molar-refractivity contribution in [2.75, 3.05) is 59.1 Å². The van der Waals surface area contributed by atoms with Crippen LogP contribution in [0.3, 0.4) is 0 Å². The Labute approximate surface area is 245 Å². The molecule has 2 aliphatic heterocycles. The molecule has 5 rings (SSSR count). The van der Waals surface area contributed by atoms with Crippen LogP contribution in [0.25, 0.3) is 11.0 Å². The predicted molar refractivity (Wildman–Crippen MR) is 155 cm³/mol. The molecule has 0 saturated carbocycles. The molecule has 0 spiro atoms. The lowest BCUT2D eigenvalue weighted by molar-refractivity contribution is -0.277. The van der Waals surface area contributed by atoms with Gasteiger partial charge in [0.15, 0.2) is 0 Å². The zero-order valence-electron chi connectivity index (χ0n) is 23.8. The van der Waals surface area contributed by atoms with Crippen molar-refractivity contribution in [3.63, 3.8) is 0 Å². The summed E-state index contributed by atoms with van der Waals surface area (Å²) in [5.41, 5.74) is 2.68. The monoisotopic (exact) mass is 586 g/mol. The lowest BCUT2D eigenvalue weighted by Crippen LogP contribution is -2.60. The highest BCUT2D eigenvalue weighted by Gasteiger charge is 2.45. The van der Waals surface area contributed by atoms with Crippen molar-refractivity contribution in [1.82, 2.24) is 9.80 Å². The third kappa shape index (κ3) is 7.42. The van der Waals surface area contributed by atoms with Crippen LogP contribution in [0.1, 0.15) is 17.5 Å². The van der Waals surface area contributed by atoms with E-state index in [1.54, 1.807) is 18.4 Å². The van der Waals surface area contributed by atoms with Crippen LogP contribution < -0.4 is 9.47 Å².